The van der Waals surface area contributed by atoms with Crippen LogP contribution >= 0.6 is 11.6 Å². The lowest BCUT2D eigenvalue weighted by atomic mass is 10.1. The molecule has 0 unspecified atom stereocenters. The second-order valence-corrected chi connectivity index (χ2v) is 11.5. The molecule has 2 atom stereocenters. The molecule has 0 aromatic heterocycles. The van der Waals surface area contributed by atoms with E-state index in [4.69, 9.17) is 11.6 Å². The van der Waals surface area contributed by atoms with E-state index in [1.54, 1.807) is 23.1 Å². The van der Waals surface area contributed by atoms with E-state index in [0.29, 0.717) is 23.6 Å². The first-order valence-corrected chi connectivity index (χ1v) is 14.6. The number of anilines is 1. The van der Waals surface area contributed by atoms with Crippen molar-refractivity contribution >= 4 is 39.1 Å². The molecule has 2 aromatic rings. The van der Waals surface area contributed by atoms with Crippen molar-refractivity contribution < 1.29 is 18.0 Å². The Hall–Kier alpha value is -2.58. The topological polar surface area (TPSA) is 86.8 Å². The third-order valence-electron chi connectivity index (χ3n) is 6.09. The Morgan fingerprint density at radius 1 is 1.06 bits per heavy atom. The molecule has 0 aliphatic carbocycles. The first kappa shape index (κ1) is 29.6. The van der Waals surface area contributed by atoms with Crippen LogP contribution in [0.25, 0.3) is 0 Å². The van der Waals surface area contributed by atoms with Crippen molar-refractivity contribution in [2.45, 2.75) is 72.0 Å². The van der Waals surface area contributed by atoms with Gasteiger partial charge in [-0.05, 0) is 68.5 Å². The summed E-state index contributed by atoms with van der Waals surface area (Å²) in [6.07, 6.45) is 2.84. The molecular formula is C27H38ClN3O4S. The average molecular weight is 536 g/mol. The molecule has 0 saturated heterocycles. The van der Waals surface area contributed by atoms with Gasteiger partial charge in [0.2, 0.25) is 21.8 Å². The normalized spacial score (nSPS) is 13.1. The Morgan fingerprint density at radius 2 is 1.72 bits per heavy atom. The van der Waals surface area contributed by atoms with Crippen LogP contribution in [0.1, 0.15) is 57.6 Å². The number of aryl methyl sites for hydroxylation is 1. The summed E-state index contributed by atoms with van der Waals surface area (Å²) in [6, 6.07) is 13.8. The fourth-order valence-electron chi connectivity index (χ4n) is 3.93. The highest BCUT2D eigenvalue weighted by atomic mass is 35.5. The molecule has 1 N–H and O–H groups in total. The van der Waals surface area contributed by atoms with Crippen molar-refractivity contribution in [1.29, 1.82) is 0 Å². The van der Waals surface area contributed by atoms with Crippen LogP contribution < -0.4 is 9.62 Å². The number of carbonyl (C=O) groups excluding carboxylic acids is 2. The van der Waals surface area contributed by atoms with Crippen LogP contribution in [0, 0.1) is 6.92 Å². The third kappa shape index (κ3) is 8.82. The van der Waals surface area contributed by atoms with E-state index in [1.165, 1.54) is 4.31 Å². The maximum Gasteiger partial charge on any atom is 0.243 e. The lowest BCUT2D eigenvalue weighted by molar-refractivity contribution is -0.141. The predicted octanol–water partition coefficient (Wildman–Crippen LogP) is 4.92. The van der Waals surface area contributed by atoms with Crippen LogP contribution in [-0.2, 0) is 26.2 Å². The second kappa shape index (κ2) is 13.7. The van der Waals surface area contributed by atoms with E-state index in [9.17, 15) is 18.0 Å². The maximum atomic E-state index is 13.4. The highest BCUT2D eigenvalue weighted by molar-refractivity contribution is 7.92. The number of amides is 2. The Labute approximate surface area is 220 Å². The fourth-order valence-corrected chi connectivity index (χ4v) is 5.02. The molecule has 7 nitrogen and oxygen atoms in total. The Balaban J connectivity index is 2.22. The van der Waals surface area contributed by atoms with E-state index < -0.39 is 16.1 Å². The molecule has 2 rings (SSSR count). The SMILES string of the molecule is CC[C@@H](C)NC(=O)[C@@H](CC)N(Cc1ccc(Cl)cc1)C(=O)CCCN(c1cccc(C)c1)S(C)(=O)=O. The molecule has 0 spiro atoms. The summed E-state index contributed by atoms with van der Waals surface area (Å²) in [5, 5.41) is 3.58. The number of hydrogen-bond acceptors (Lipinski definition) is 4. The van der Waals surface area contributed by atoms with Crippen LogP contribution in [0.3, 0.4) is 0 Å². The van der Waals surface area contributed by atoms with Gasteiger partial charge in [0.15, 0.2) is 0 Å². The summed E-state index contributed by atoms with van der Waals surface area (Å²) in [7, 11) is -3.52. The molecule has 0 aliphatic heterocycles. The molecule has 0 aliphatic rings. The third-order valence-corrected chi connectivity index (χ3v) is 7.54. The summed E-state index contributed by atoms with van der Waals surface area (Å²) in [5.41, 5.74) is 2.38. The number of nitrogens with one attached hydrogen (secondary N) is 1. The Morgan fingerprint density at radius 3 is 2.28 bits per heavy atom. The van der Waals surface area contributed by atoms with Crippen LogP contribution in [0.4, 0.5) is 5.69 Å². The van der Waals surface area contributed by atoms with Gasteiger partial charge in [0.25, 0.3) is 0 Å². The summed E-state index contributed by atoms with van der Waals surface area (Å²) in [6.45, 7) is 8.13. The molecule has 2 amide bonds. The quantitative estimate of drug-likeness (QED) is 0.394. The van der Waals surface area contributed by atoms with Crippen molar-refractivity contribution in [2.24, 2.45) is 0 Å². The number of nitrogens with zero attached hydrogens (tertiary/aromatic N) is 2. The van der Waals surface area contributed by atoms with Gasteiger partial charge in [-0.1, -0.05) is 49.7 Å². The molecule has 36 heavy (non-hydrogen) atoms. The molecule has 0 saturated carbocycles. The zero-order valence-electron chi connectivity index (χ0n) is 21.8. The molecular weight excluding hydrogens is 498 g/mol. The highest BCUT2D eigenvalue weighted by Crippen LogP contribution is 2.21. The average Bonchev–Trinajstić information content (AvgIpc) is 2.81. The molecule has 9 heteroatoms. The van der Waals surface area contributed by atoms with Crippen LogP contribution in [-0.4, -0.2) is 50.0 Å². The van der Waals surface area contributed by atoms with Gasteiger partial charge in [0.1, 0.15) is 6.04 Å². The molecule has 198 valence electrons. The molecule has 0 radical (unpaired) electrons. The Bertz CT molecular complexity index is 1120. The second-order valence-electron chi connectivity index (χ2n) is 9.17. The number of rotatable bonds is 13. The van der Waals surface area contributed by atoms with Gasteiger partial charge >= 0.3 is 0 Å². The molecule has 0 heterocycles. The minimum absolute atomic E-state index is 0.00307. The Kier molecular flexibility index (Phi) is 11.2. The largest absolute Gasteiger partial charge is 0.352 e. The summed E-state index contributed by atoms with van der Waals surface area (Å²) < 4.78 is 26.2. The number of halogens is 1. The van der Waals surface area contributed by atoms with Gasteiger partial charge in [-0.15, -0.1) is 0 Å². The van der Waals surface area contributed by atoms with E-state index in [0.717, 1.165) is 23.8 Å². The van der Waals surface area contributed by atoms with Gasteiger partial charge in [-0.3, -0.25) is 13.9 Å². The van der Waals surface area contributed by atoms with Gasteiger partial charge in [0, 0.05) is 30.6 Å². The minimum atomic E-state index is -3.52. The minimum Gasteiger partial charge on any atom is -0.352 e. The van der Waals surface area contributed by atoms with Crippen molar-refractivity contribution in [2.75, 3.05) is 17.1 Å². The van der Waals surface area contributed by atoms with Crippen molar-refractivity contribution in [3.63, 3.8) is 0 Å². The van der Waals surface area contributed by atoms with Gasteiger partial charge < -0.3 is 10.2 Å². The summed E-state index contributed by atoms with van der Waals surface area (Å²) in [5.74, 6) is -0.388. The van der Waals surface area contributed by atoms with E-state index in [2.05, 4.69) is 5.32 Å². The maximum absolute atomic E-state index is 13.4. The zero-order chi connectivity index (χ0) is 26.9. The number of sulfonamides is 1. The van der Waals surface area contributed by atoms with E-state index in [1.807, 2.05) is 58.0 Å². The lowest BCUT2D eigenvalue weighted by Crippen LogP contribution is -2.50. The van der Waals surface area contributed by atoms with Crippen LogP contribution in [0.2, 0.25) is 5.02 Å². The van der Waals surface area contributed by atoms with Crippen molar-refractivity contribution in [1.82, 2.24) is 10.2 Å². The van der Waals surface area contributed by atoms with Gasteiger partial charge in [-0.25, -0.2) is 8.42 Å². The number of carbonyl (C=O) groups is 2. The molecule has 2 aromatic carbocycles. The lowest BCUT2D eigenvalue weighted by Gasteiger charge is -2.32. The molecule has 0 fully saturated rings. The fraction of sp³-hybridized carbons (Fsp3) is 0.481. The first-order valence-electron chi connectivity index (χ1n) is 12.3. The van der Waals surface area contributed by atoms with Crippen molar-refractivity contribution in [3.8, 4) is 0 Å². The van der Waals surface area contributed by atoms with Gasteiger partial charge in [0.05, 0.1) is 11.9 Å². The van der Waals surface area contributed by atoms with Gasteiger partial charge in [-0.2, -0.15) is 0 Å². The van der Waals surface area contributed by atoms with E-state index in [-0.39, 0.29) is 37.4 Å². The highest BCUT2D eigenvalue weighted by Gasteiger charge is 2.29. The monoisotopic (exact) mass is 535 g/mol. The smallest absolute Gasteiger partial charge is 0.243 e. The summed E-state index contributed by atoms with van der Waals surface area (Å²) >= 11 is 6.02. The zero-order valence-corrected chi connectivity index (χ0v) is 23.4. The first-order chi connectivity index (χ1) is 17.0. The predicted molar refractivity (Wildman–Crippen MR) is 147 cm³/mol. The number of hydrogen-bond donors (Lipinski definition) is 1. The standard InChI is InChI=1S/C27H38ClN3O4S/c1-6-21(4)29-27(33)25(7-2)30(19-22-13-15-23(28)16-14-22)26(32)12-9-17-31(36(5,34)35)24-11-8-10-20(3)18-24/h8,10-11,13-16,18,21,25H,6-7,9,12,17,19H2,1-5H3,(H,29,33)/t21-,25-/m1/s1. The van der Waals surface area contributed by atoms with Crippen molar-refractivity contribution in [3.05, 3.63) is 64.7 Å². The van der Waals surface area contributed by atoms with Crippen LogP contribution in [0.15, 0.2) is 48.5 Å². The van der Waals surface area contributed by atoms with E-state index >= 15 is 0 Å². The number of benzene rings is 2. The van der Waals surface area contributed by atoms with Crippen LogP contribution in [0.5, 0.6) is 0 Å². The summed E-state index contributed by atoms with van der Waals surface area (Å²) in [4.78, 5) is 28.1. The molecule has 0 bridgehead atoms.